The van der Waals surface area contributed by atoms with E-state index in [1.165, 1.54) is 0 Å². The number of amides is 1. The summed E-state index contributed by atoms with van der Waals surface area (Å²) in [5.41, 5.74) is 1.74. The summed E-state index contributed by atoms with van der Waals surface area (Å²) in [5, 5.41) is 2.56. The van der Waals surface area contributed by atoms with Crippen molar-refractivity contribution in [1.82, 2.24) is 14.4 Å². The summed E-state index contributed by atoms with van der Waals surface area (Å²) >= 11 is 0. The van der Waals surface area contributed by atoms with Gasteiger partial charge in [0.25, 0.3) is 5.91 Å². The first kappa shape index (κ1) is 17.9. The van der Waals surface area contributed by atoms with Crippen LogP contribution in [0.1, 0.15) is 40.7 Å². The van der Waals surface area contributed by atoms with Gasteiger partial charge in [-0.1, -0.05) is 19.4 Å². The van der Waals surface area contributed by atoms with Crippen LogP contribution < -0.4 is 5.32 Å². The second-order valence-corrected chi connectivity index (χ2v) is 5.98. The van der Waals surface area contributed by atoms with Crippen LogP contribution in [0.4, 0.5) is 19.0 Å². The fourth-order valence-corrected chi connectivity index (χ4v) is 2.66. The highest BCUT2D eigenvalue weighted by atomic mass is 19.4. The van der Waals surface area contributed by atoms with Crippen LogP contribution in [0.25, 0.3) is 5.65 Å². The smallest absolute Gasteiger partial charge is 0.305 e. The maximum Gasteiger partial charge on any atom is 0.417 e. The molecule has 8 heteroatoms. The van der Waals surface area contributed by atoms with Crippen LogP contribution in [-0.2, 0) is 12.6 Å². The van der Waals surface area contributed by atoms with Gasteiger partial charge in [-0.2, -0.15) is 13.2 Å². The minimum absolute atomic E-state index is 0.0491. The minimum atomic E-state index is -4.47. The normalized spacial score (nSPS) is 11.7. The fourth-order valence-electron chi connectivity index (χ4n) is 2.66. The Morgan fingerprint density at radius 3 is 2.62 bits per heavy atom. The number of pyridine rings is 2. The van der Waals surface area contributed by atoms with Crippen molar-refractivity contribution in [2.75, 3.05) is 5.32 Å². The molecule has 1 amide bonds. The maximum atomic E-state index is 12.7. The lowest BCUT2D eigenvalue weighted by molar-refractivity contribution is -0.137. The number of aryl methyl sites for hydroxylation is 2. The summed E-state index contributed by atoms with van der Waals surface area (Å²) in [5.74, 6) is -0.410. The zero-order valence-corrected chi connectivity index (χ0v) is 14.3. The monoisotopic (exact) mass is 362 g/mol. The van der Waals surface area contributed by atoms with Crippen molar-refractivity contribution in [3.63, 3.8) is 0 Å². The molecular weight excluding hydrogens is 345 g/mol. The molecule has 3 rings (SSSR count). The number of nitrogens with zero attached hydrogens (tertiary/aromatic N) is 3. The molecule has 0 aliphatic rings. The molecule has 0 aromatic carbocycles. The number of imidazole rings is 1. The van der Waals surface area contributed by atoms with Crippen molar-refractivity contribution in [1.29, 1.82) is 0 Å². The van der Waals surface area contributed by atoms with Gasteiger partial charge >= 0.3 is 6.18 Å². The predicted octanol–water partition coefficient (Wildman–Crippen LogP) is 4.26. The number of carbonyl (C=O) groups excluding carboxylic acids is 1. The first-order valence-electron chi connectivity index (χ1n) is 8.11. The van der Waals surface area contributed by atoms with E-state index in [-0.39, 0.29) is 5.82 Å². The van der Waals surface area contributed by atoms with E-state index in [4.69, 9.17) is 0 Å². The van der Waals surface area contributed by atoms with Crippen LogP contribution in [0.2, 0.25) is 0 Å². The maximum absolute atomic E-state index is 12.7. The van der Waals surface area contributed by atoms with E-state index in [2.05, 4.69) is 15.3 Å². The van der Waals surface area contributed by atoms with Gasteiger partial charge in [0.05, 0.1) is 11.3 Å². The van der Waals surface area contributed by atoms with Crippen LogP contribution in [0.3, 0.4) is 0 Å². The second kappa shape index (κ2) is 6.78. The molecule has 0 fully saturated rings. The summed E-state index contributed by atoms with van der Waals surface area (Å²) in [7, 11) is 0. The van der Waals surface area contributed by atoms with Crippen molar-refractivity contribution in [2.24, 2.45) is 0 Å². The lowest BCUT2D eigenvalue weighted by atomic mass is 10.2. The van der Waals surface area contributed by atoms with E-state index in [1.54, 1.807) is 10.6 Å². The van der Waals surface area contributed by atoms with Gasteiger partial charge in [-0.25, -0.2) is 9.97 Å². The number of rotatable bonds is 4. The Hall–Kier alpha value is -2.90. The largest absolute Gasteiger partial charge is 0.417 e. The number of aromatic nitrogens is 3. The number of anilines is 1. The summed E-state index contributed by atoms with van der Waals surface area (Å²) in [4.78, 5) is 20.9. The van der Waals surface area contributed by atoms with E-state index in [9.17, 15) is 18.0 Å². The average molecular weight is 362 g/mol. The highest BCUT2D eigenvalue weighted by Crippen LogP contribution is 2.29. The number of carbonyl (C=O) groups is 1. The molecule has 5 nitrogen and oxygen atoms in total. The topological polar surface area (TPSA) is 59.3 Å². The van der Waals surface area contributed by atoms with Gasteiger partial charge in [0.1, 0.15) is 17.2 Å². The molecule has 0 spiro atoms. The van der Waals surface area contributed by atoms with Gasteiger partial charge in [0.15, 0.2) is 0 Å². The van der Waals surface area contributed by atoms with E-state index < -0.39 is 17.6 Å². The molecule has 0 unspecified atom stereocenters. The van der Waals surface area contributed by atoms with Crippen LogP contribution >= 0.6 is 0 Å². The van der Waals surface area contributed by atoms with Crippen LogP contribution in [-0.4, -0.2) is 20.3 Å². The Morgan fingerprint density at radius 1 is 1.23 bits per heavy atom. The summed E-state index contributed by atoms with van der Waals surface area (Å²) < 4.78 is 39.5. The molecule has 0 bridgehead atoms. The lowest BCUT2D eigenvalue weighted by Crippen LogP contribution is -2.17. The van der Waals surface area contributed by atoms with E-state index in [0.29, 0.717) is 29.7 Å². The third-order valence-corrected chi connectivity index (χ3v) is 3.87. The fraction of sp³-hybridized carbons (Fsp3) is 0.278. The van der Waals surface area contributed by atoms with Gasteiger partial charge in [-0.3, -0.25) is 9.20 Å². The van der Waals surface area contributed by atoms with Crippen molar-refractivity contribution in [3.8, 4) is 0 Å². The lowest BCUT2D eigenvalue weighted by Gasteiger charge is -2.09. The Balaban J connectivity index is 1.94. The second-order valence-electron chi connectivity index (χ2n) is 5.98. The van der Waals surface area contributed by atoms with E-state index in [1.807, 2.05) is 26.0 Å². The third kappa shape index (κ3) is 3.54. The highest BCUT2D eigenvalue weighted by Gasteiger charge is 2.30. The van der Waals surface area contributed by atoms with Crippen LogP contribution in [0, 0.1) is 6.92 Å². The molecule has 0 aliphatic heterocycles. The number of halogens is 3. The van der Waals surface area contributed by atoms with Crippen LogP contribution in [0.15, 0.2) is 36.7 Å². The first-order valence-corrected chi connectivity index (χ1v) is 8.11. The van der Waals surface area contributed by atoms with Gasteiger partial charge in [-0.15, -0.1) is 0 Å². The first-order chi connectivity index (χ1) is 12.3. The number of fused-ring (bicyclic) bond motifs is 1. The molecular formula is C18H17F3N4O. The van der Waals surface area contributed by atoms with Gasteiger partial charge < -0.3 is 5.32 Å². The Morgan fingerprint density at radius 2 is 2.00 bits per heavy atom. The van der Waals surface area contributed by atoms with Crippen molar-refractivity contribution in [3.05, 3.63) is 59.2 Å². The van der Waals surface area contributed by atoms with E-state index in [0.717, 1.165) is 24.1 Å². The molecule has 0 radical (unpaired) electrons. The Labute approximate surface area is 147 Å². The van der Waals surface area contributed by atoms with E-state index >= 15 is 0 Å². The highest BCUT2D eigenvalue weighted by molar-refractivity contribution is 6.04. The van der Waals surface area contributed by atoms with Gasteiger partial charge in [0, 0.05) is 12.4 Å². The predicted molar refractivity (Wildman–Crippen MR) is 91.1 cm³/mol. The molecule has 3 aromatic heterocycles. The molecule has 136 valence electrons. The average Bonchev–Trinajstić information content (AvgIpc) is 2.92. The Kier molecular flexibility index (Phi) is 4.67. The molecule has 0 saturated carbocycles. The Bertz CT molecular complexity index is 945. The zero-order chi connectivity index (χ0) is 18.9. The summed E-state index contributed by atoms with van der Waals surface area (Å²) in [6, 6.07) is 5.74. The van der Waals surface area contributed by atoms with Gasteiger partial charge in [-0.05, 0) is 37.1 Å². The number of hydrogen-bond donors (Lipinski definition) is 1. The minimum Gasteiger partial charge on any atom is -0.305 e. The van der Waals surface area contributed by atoms with Crippen LogP contribution in [0.5, 0.6) is 0 Å². The van der Waals surface area contributed by atoms with Crippen molar-refractivity contribution < 1.29 is 18.0 Å². The summed E-state index contributed by atoms with van der Waals surface area (Å²) in [6.07, 6.45) is -0.549. The molecule has 0 atom stereocenters. The molecule has 0 aliphatic carbocycles. The zero-order valence-electron chi connectivity index (χ0n) is 14.3. The van der Waals surface area contributed by atoms with Crippen molar-refractivity contribution >= 4 is 17.4 Å². The molecule has 3 aromatic rings. The standard InChI is InChI=1S/C18H17F3N4O/c1-3-4-13-16(25-10-11(2)5-8-15(25)23-13)17(26)24-14-7-6-12(9-22-14)18(19,20)21/h5-10H,3-4H2,1-2H3,(H,22,24,26). The summed E-state index contributed by atoms with van der Waals surface area (Å²) in [6.45, 7) is 3.88. The van der Waals surface area contributed by atoms with Gasteiger partial charge in [0.2, 0.25) is 0 Å². The number of hydrogen-bond acceptors (Lipinski definition) is 3. The SMILES string of the molecule is CCCc1nc2ccc(C)cn2c1C(=O)Nc1ccc(C(F)(F)F)cn1. The number of alkyl halides is 3. The number of nitrogens with one attached hydrogen (secondary N) is 1. The molecule has 0 saturated heterocycles. The quantitative estimate of drug-likeness (QED) is 0.754. The van der Waals surface area contributed by atoms with Crippen molar-refractivity contribution in [2.45, 2.75) is 32.9 Å². The molecule has 3 heterocycles. The molecule has 26 heavy (non-hydrogen) atoms. The molecule has 1 N–H and O–H groups in total. The third-order valence-electron chi connectivity index (χ3n) is 3.87.